The van der Waals surface area contributed by atoms with Crippen molar-refractivity contribution in [3.63, 3.8) is 0 Å². The first-order valence-electron chi connectivity index (χ1n) is 5.47. The van der Waals surface area contributed by atoms with Crippen molar-refractivity contribution >= 4 is 17.0 Å². The van der Waals surface area contributed by atoms with Crippen LogP contribution in [0.15, 0.2) is 29.3 Å². The number of benzene rings is 1. The molecule has 0 fully saturated rings. The summed E-state index contributed by atoms with van der Waals surface area (Å²) in [6, 6.07) is 8.03. The summed E-state index contributed by atoms with van der Waals surface area (Å²) in [6.45, 7) is 0.495. The summed E-state index contributed by atoms with van der Waals surface area (Å²) in [6.07, 6.45) is 0. The number of aliphatic imine (C=N–C) groups is 1. The molecular weight excluding hydrogens is 214 g/mol. The monoisotopic (exact) mass is 231 g/mol. The van der Waals surface area contributed by atoms with Gasteiger partial charge in [-0.3, -0.25) is 0 Å². The molecule has 1 heterocycles. The van der Waals surface area contributed by atoms with Gasteiger partial charge in [0.2, 0.25) is 0 Å². The molecule has 0 aliphatic heterocycles. The molecule has 0 bridgehead atoms. The lowest BCUT2D eigenvalue weighted by Gasteiger charge is -2.10. The molecule has 1 aromatic heterocycles. The molecule has 0 radical (unpaired) electrons. The highest BCUT2D eigenvalue weighted by molar-refractivity contribution is 5.78. The molecule has 5 heteroatoms. The van der Waals surface area contributed by atoms with E-state index in [1.165, 1.54) is 0 Å². The van der Waals surface area contributed by atoms with Crippen molar-refractivity contribution in [3.05, 3.63) is 30.1 Å². The summed E-state index contributed by atoms with van der Waals surface area (Å²) in [5, 5.41) is 0. The van der Waals surface area contributed by atoms with Gasteiger partial charge in [-0.2, -0.15) is 0 Å². The van der Waals surface area contributed by atoms with E-state index < -0.39 is 0 Å². The zero-order chi connectivity index (χ0) is 12.4. The van der Waals surface area contributed by atoms with E-state index in [4.69, 9.17) is 5.73 Å². The molecule has 0 saturated carbocycles. The van der Waals surface area contributed by atoms with Gasteiger partial charge in [0.25, 0.3) is 0 Å². The van der Waals surface area contributed by atoms with Gasteiger partial charge in [-0.25, -0.2) is 9.98 Å². The van der Waals surface area contributed by atoms with Crippen LogP contribution in [-0.2, 0) is 13.6 Å². The molecule has 0 saturated heterocycles. The Labute approximate surface area is 101 Å². The largest absolute Gasteiger partial charge is 0.370 e. The minimum atomic E-state index is 0.495. The molecule has 1 aromatic carbocycles. The number of para-hydroxylation sites is 2. The van der Waals surface area contributed by atoms with Crippen molar-refractivity contribution in [2.75, 3.05) is 14.1 Å². The number of hydrogen-bond donors (Lipinski definition) is 1. The summed E-state index contributed by atoms with van der Waals surface area (Å²) < 4.78 is 2.04. The number of guanidine groups is 1. The highest BCUT2D eigenvalue weighted by Crippen LogP contribution is 2.14. The molecule has 17 heavy (non-hydrogen) atoms. The molecule has 2 rings (SSSR count). The van der Waals surface area contributed by atoms with Crippen molar-refractivity contribution in [2.24, 2.45) is 17.8 Å². The molecule has 0 atom stereocenters. The molecule has 0 spiro atoms. The Morgan fingerprint density at radius 3 is 2.76 bits per heavy atom. The average molecular weight is 231 g/mol. The summed E-state index contributed by atoms with van der Waals surface area (Å²) in [5.74, 6) is 1.42. The Balaban J connectivity index is 2.31. The smallest absolute Gasteiger partial charge is 0.191 e. The quantitative estimate of drug-likeness (QED) is 0.618. The molecule has 90 valence electrons. The molecule has 0 unspecified atom stereocenters. The second kappa shape index (κ2) is 4.45. The van der Waals surface area contributed by atoms with E-state index in [1.54, 1.807) is 4.90 Å². The standard InChI is InChI=1S/C12H17N5/c1-16(2)12(13)14-8-11-15-9-6-4-5-7-10(9)17(11)3/h4-7H,8H2,1-3H3,(H2,13,14). The van der Waals surface area contributed by atoms with Gasteiger partial charge in [-0.05, 0) is 12.1 Å². The number of imidazole rings is 1. The van der Waals surface area contributed by atoms with Gasteiger partial charge in [-0.15, -0.1) is 0 Å². The first-order valence-corrected chi connectivity index (χ1v) is 5.47. The Morgan fingerprint density at radius 1 is 1.41 bits per heavy atom. The van der Waals surface area contributed by atoms with Crippen LogP contribution in [0.4, 0.5) is 0 Å². The molecule has 5 nitrogen and oxygen atoms in total. The number of aryl methyl sites for hydroxylation is 1. The van der Waals surface area contributed by atoms with Gasteiger partial charge in [0.05, 0.1) is 11.0 Å². The lowest BCUT2D eigenvalue weighted by molar-refractivity contribution is 0.607. The van der Waals surface area contributed by atoms with E-state index in [1.807, 2.05) is 50.0 Å². The average Bonchev–Trinajstić information content (AvgIpc) is 2.64. The molecule has 0 amide bonds. The second-order valence-corrected chi connectivity index (χ2v) is 4.14. The Morgan fingerprint density at radius 2 is 2.12 bits per heavy atom. The van der Waals surface area contributed by atoms with Gasteiger partial charge in [0.15, 0.2) is 5.96 Å². The van der Waals surface area contributed by atoms with E-state index in [-0.39, 0.29) is 0 Å². The summed E-state index contributed by atoms with van der Waals surface area (Å²) >= 11 is 0. The minimum absolute atomic E-state index is 0.495. The van der Waals surface area contributed by atoms with Crippen LogP contribution >= 0.6 is 0 Å². The SMILES string of the molecule is CN(C)C(N)=NCc1nc2ccccc2n1C. The van der Waals surface area contributed by atoms with Crippen LogP contribution in [0.5, 0.6) is 0 Å². The number of aromatic nitrogens is 2. The van der Waals surface area contributed by atoms with Gasteiger partial charge in [0, 0.05) is 21.1 Å². The van der Waals surface area contributed by atoms with E-state index in [0.29, 0.717) is 12.5 Å². The number of nitrogens with zero attached hydrogens (tertiary/aromatic N) is 4. The van der Waals surface area contributed by atoms with Crippen LogP contribution in [0, 0.1) is 0 Å². The Bertz CT molecular complexity index is 553. The van der Waals surface area contributed by atoms with E-state index in [9.17, 15) is 0 Å². The van der Waals surface area contributed by atoms with Crippen molar-refractivity contribution in [1.29, 1.82) is 0 Å². The Kier molecular flexibility index (Phi) is 2.99. The van der Waals surface area contributed by atoms with Crippen LogP contribution in [0.25, 0.3) is 11.0 Å². The lowest BCUT2D eigenvalue weighted by atomic mass is 10.3. The first-order chi connectivity index (χ1) is 8.09. The van der Waals surface area contributed by atoms with Crippen molar-refractivity contribution in [3.8, 4) is 0 Å². The maximum Gasteiger partial charge on any atom is 0.191 e. The second-order valence-electron chi connectivity index (χ2n) is 4.14. The van der Waals surface area contributed by atoms with Gasteiger partial charge in [-0.1, -0.05) is 12.1 Å². The highest BCUT2D eigenvalue weighted by Gasteiger charge is 2.06. The number of rotatable bonds is 2. The third kappa shape index (κ3) is 2.22. The van der Waals surface area contributed by atoms with Crippen LogP contribution < -0.4 is 5.73 Å². The fourth-order valence-corrected chi connectivity index (χ4v) is 1.63. The van der Waals surface area contributed by atoms with Crippen LogP contribution in [0.1, 0.15) is 5.82 Å². The zero-order valence-corrected chi connectivity index (χ0v) is 10.4. The van der Waals surface area contributed by atoms with Crippen molar-refractivity contribution in [1.82, 2.24) is 14.5 Å². The fraction of sp³-hybridized carbons (Fsp3) is 0.333. The summed E-state index contributed by atoms with van der Waals surface area (Å²) in [7, 11) is 5.73. The van der Waals surface area contributed by atoms with Crippen molar-refractivity contribution < 1.29 is 0 Å². The summed E-state index contributed by atoms with van der Waals surface area (Å²) in [4.78, 5) is 10.6. The summed E-state index contributed by atoms with van der Waals surface area (Å²) in [5.41, 5.74) is 7.85. The first kappa shape index (κ1) is 11.4. The highest BCUT2D eigenvalue weighted by atomic mass is 15.2. The maximum absolute atomic E-state index is 5.75. The molecule has 0 aliphatic rings. The molecule has 0 aliphatic carbocycles. The molecule has 2 aromatic rings. The number of nitrogens with two attached hydrogens (primary N) is 1. The van der Waals surface area contributed by atoms with E-state index >= 15 is 0 Å². The zero-order valence-electron chi connectivity index (χ0n) is 10.4. The predicted molar refractivity (Wildman–Crippen MR) is 69.7 cm³/mol. The lowest BCUT2D eigenvalue weighted by Crippen LogP contribution is -2.30. The number of fused-ring (bicyclic) bond motifs is 1. The third-order valence-electron chi connectivity index (χ3n) is 2.72. The number of hydrogen-bond acceptors (Lipinski definition) is 2. The molecular formula is C12H17N5. The maximum atomic E-state index is 5.75. The van der Waals surface area contributed by atoms with Crippen LogP contribution in [0.2, 0.25) is 0 Å². The third-order valence-corrected chi connectivity index (χ3v) is 2.72. The normalized spacial score (nSPS) is 12.1. The Hall–Kier alpha value is -2.04. The van der Waals surface area contributed by atoms with Crippen LogP contribution in [0.3, 0.4) is 0 Å². The van der Waals surface area contributed by atoms with Gasteiger partial charge in [0.1, 0.15) is 12.4 Å². The van der Waals surface area contributed by atoms with E-state index in [0.717, 1.165) is 16.9 Å². The minimum Gasteiger partial charge on any atom is -0.370 e. The molecule has 2 N–H and O–H groups in total. The van der Waals surface area contributed by atoms with Gasteiger partial charge >= 0.3 is 0 Å². The van der Waals surface area contributed by atoms with Crippen molar-refractivity contribution in [2.45, 2.75) is 6.54 Å². The fourth-order valence-electron chi connectivity index (χ4n) is 1.63. The van der Waals surface area contributed by atoms with E-state index in [2.05, 4.69) is 9.98 Å². The topological polar surface area (TPSA) is 59.4 Å². The van der Waals surface area contributed by atoms with Gasteiger partial charge < -0.3 is 15.2 Å². The predicted octanol–water partition coefficient (Wildman–Crippen LogP) is 0.950. The van der Waals surface area contributed by atoms with Crippen LogP contribution in [-0.4, -0.2) is 34.5 Å².